The molecule has 0 aliphatic carbocycles. The van der Waals surface area contributed by atoms with E-state index in [0.29, 0.717) is 0 Å². The van der Waals surface area contributed by atoms with Crippen molar-refractivity contribution in [1.29, 1.82) is 0 Å². The maximum absolute atomic E-state index is 11.9. The van der Waals surface area contributed by atoms with Gasteiger partial charge in [-0.05, 0) is 24.7 Å². The Labute approximate surface area is 233 Å². The fraction of sp³-hybridized carbons (Fsp3) is 1.00. The topological polar surface area (TPSA) is 52.6 Å². The van der Waals surface area contributed by atoms with E-state index in [1.165, 1.54) is 116 Å². The Bertz CT molecular complexity index is 507. The van der Waals surface area contributed by atoms with E-state index in [-0.39, 0.29) is 13.2 Å². The average Bonchev–Trinajstić information content (AvgIpc) is 2.87. The highest BCUT2D eigenvalue weighted by molar-refractivity contribution is 7.81. The molecule has 0 amide bonds. The van der Waals surface area contributed by atoms with Crippen molar-refractivity contribution in [1.82, 2.24) is 0 Å². The molecule has 0 heterocycles. The summed E-state index contributed by atoms with van der Waals surface area (Å²) in [5, 5.41) is 0. The second-order valence-corrected chi connectivity index (χ2v) is 13.1. The van der Waals surface area contributed by atoms with Gasteiger partial charge in [0.25, 0.3) is 0 Å². The van der Waals surface area contributed by atoms with E-state index in [4.69, 9.17) is 8.37 Å². The van der Waals surface area contributed by atoms with Crippen LogP contribution in [-0.4, -0.2) is 21.6 Å². The van der Waals surface area contributed by atoms with Crippen molar-refractivity contribution in [2.45, 2.75) is 182 Å². The van der Waals surface area contributed by atoms with E-state index >= 15 is 0 Å². The molecular weight excluding hydrogens is 480 g/mol. The lowest BCUT2D eigenvalue weighted by atomic mass is 9.96. The standard InChI is InChI=1S/C32H66O4S/c1-5-7-9-11-13-15-19-25-31(3)27-21-17-23-29-35-37(33,34)36-30-24-18-22-28-32(4)26-20-16-14-12-10-8-6-2/h31-32H,5-30H2,1-4H3. The Morgan fingerprint density at radius 2 is 0.703 bits per heavy atom. The molecule has 0 aromatic rings. The first kappa shape index (κ1) is 36.9. The molecule has 37 heavy (non-hydrogen) atoms. The first-order valence-electron chi connectivity index (χ1n) is 16.4. The van der Waals surface area contributed by atoms with Gasteiger partial charge < -0.3 is 0 Å². The van der Waals surface area contributed by atoms with Crippen molar-refractivity contribution in [2.75, 3.05) is 13.2 Å². The molecule has 5 heteroatoms. The van der Waals surface area contributed by atoms with Crippen LogP contribution in [0.1, 0.15) is 182 Å². The molecule has 0 N–H and O–H groups in total. The highest BCUT2D eigenvalue weighted by Crippen LogP contribution is 2.19. The lowest BCUT2D eigenvalue weighted by Crippen LogP contribution is -2.12. The predicted octanol–water partition coefficient (Wildman–Crippen LogP) is 10.9. The van der Waals surface area contributed by atoms with E-state index in [1.807, 2.05) is 0 Å². The summed E-state index contributed by atoms with van der Waals surface area (Å²) < 4.78 is 33.9. The monoisotopic (exact) mass is 546 g/mol. The van der Waals surface area contributed by atoms with Crippen LogP contribution in [0.15, 0.2) is 0 Å². The SMILES string of the molecule is CCCCCCCCCC(C)CCCCCOS(=O)(=O)OCCCCCC(C)CCCCCCCCC. The van der Waals surface area contributed by atoms with Crippen LogP contribution in [-0.2, 0) is 18.8 Å². The molecule has 0 aromatic heterocycles. The van der Waals surface area contributed by atoms with E-state index < -0.39 is 10.4 Å². The molecule has 0 bridgehead atoms. The minimum Gasteiger partial charge on any atom is -0.248 e. The molecule has 0 radical (unpaired) electrons. The van der Waals surface area contributed by atoms with Crippen molar-refractivity contribution in [3.63, 3.8) is 0 Å². The molecule has 224 valence electrons. The molecule has 0 aromatic carbocycles. The van der Waals surface area contributed by atoms with Crippen LogP contribution >= 0.6 is 0 Å². The number of hydrogen-bond acceptors (Lipinski definition) is 4. The van der Waals surface area contributed by atoms with E-state index in [1.54, 1.807) is 0 Å². The summed E-state index contributed by atoms with van der Waals surface area (Å²) >= 11 is 0. The Hall–Kier alpha value is -0.130. The summed E-state index contributed by atoms with van der Waals surface area (Å²) in [7, 11) is -3.84. The van der Waals surface area contributed by atoms with Gasteiger partial charge in [0.2, 0.25) is 0 Å². The fourth-order valence-electron chi connectivity index (χ4n) is 5.09. The van der Waals surface area contributed by atoms with Crippen LogP contribution in [0, 0.1) is 11.8 Å². The third kappa shape index (κ3) is 28.7. The first-order valence-corrected chi connectivity index (χ1v) is 17.8. The molecule has 4 nitrogen and oxygen atoms in total. The minimum absolute atomic E-state index is 0.241. The predicted molar refractivity (Wildman–Crippen MR) is 161 cm³/mol. The highest BCUT2D eigenvalue weighted by Gasteiger charge is 2.11. The van der Waals surface area contributed by atoms with Gasteiger partial charge in [0.05, 0.1) is 13.2 Å². The maximum Gasteiger partial charge on any atom is 0.399 e. The second-order valence-electron chi connectivity index (χ2n) is 11.8. The largest absolute Gasteiger partial charge is 0.399 e. The lowest BCUT2D eigenvalue weighted by molar-refractivity contribution is 0.207. The zero-order valence-electron chi connectivity index (χ0n) is 25.6. The summed E-state index contributed by atoms with van der Waals surface area (Å²) in [6.45, 7) is 9.71. The third-order valence-electron chi connectivity index (χ3n) is 7.74. The summed E-state index contributed by atoms with van der Waals surface area (Å²) in [6.07, 6.45) is 30.2. The van der Waals surface area contributed by atoms with Crippen LogP contribution in [0.25, 0.3) is 0 Å². The Morgan fingerprint density at radius 3 is 1.03 bits per heavy atom. The Morgan fingerprint density at radius 1 is 0.432 bits per heavy atom. The molecule has 2 unspecified atom stereocenters. The molecule has 0 aliphatic rings. The lowest BCUT2D eigenvalue weighted by Gasteiger charge is -2.11. The molecule has 0 rings (SSSR count). The molecule has 0 aliphatic heterocycles. The van der Waals surface area contributed by atoms with E-state index in [2.05, 4.69) is 27.7 Å². The second kappa shape index (κ2) is 27.4. The van der Waals surface area contributed by atoms with Gasteiger partial charge in [-0.2, -0.15) is 8.42 Å². The van der Waals surface area contributed by atoms with Crippen molar-refractivity contribution < 1.29 is 16.8 Å². The molecule has 0 saturated heterocycles. The summed E-state index contributed by atoms with van der Waals surface area (Å²) in [6, 6.07) is 0. The summed E-state index contributed by atoms with van der Waals surface area (Å²) in [5.74, 6) is 1.54. The van der Waals surface area contributed by atoms with Crippen LogP contribution in [0.3, 0.4) is 0 Å². The minimum atomic E-state index is -3.84. The first-order chi connectivity index (χ1) is 17.9. The Kier molecular flexibility index (Phi) is 27.3. The van der Waals surface area contributed by atoms with Crippen LogP contribution in [0.2, 0.25) is 0 Å². The molecule has 0 saturated carbocycles. The van der Waals surface area contributed by atoms with Gasteiger partial charge in [-0.3, -0.25) is 0 Å². The smallest absolute Gasteiger partial charge is 0.248 e. The maximum atomic E-state index is 11.9. The number of rotatable bonds is 30. The van der Waals surface area contributed by atoms with Crippen LogP contribution in [0.4, 0.5) is 0 Å². The summed E-state index contributed by atoms with van der Waals surface area (Å²) in [4.78, 5) is 0. The fourth-order valence-corrected chi connectivity index (χ4v) is 5.80. The van der Waals surface area contributed by atoms with Crippen molar-refractivity contribution in [3.05, 3.63) is 0 Å². The van der Waals surface area contributed by atoms with E-state index in [0.717, 1.165) is 50.4 Å². The van der Waals surface area contributed by atoms with Gasteiger partial charge in [-0.1, -0.05) is 169 Å². The van der Waals surface area contributed by atoms with Crippen LogP contribution in [0.5, 0.6) is 0 Å². The average molecular weight is 547 g/mol. The molecule has 0 fully saturated rings. The van der Waals surface area contributed by atoms with Gasteiger partial charge in [0.15, 0.2) is 0 Å². The van der Waals surface area contributed by atoms with Gasteiger partial charge >= 0.3 is 10.4 Å². The normalized spacial score (nSPS) is 13.7. The Balaban J connectivity index is 3.50. The zero-order chi connectivity index (χ0) is 27.5. The quantitative estimate of drug-likeness (QED) is 0.0841. The van der Waals surface area contributed by atoms with Crippen LogP contribution < -0.4 is 0 Å². The van der Waals surface area contributed by atoms with Gasteiger partial charge in [0.1, 0.15) is 0 Å². The molecule has 0 spiro atoms. The highest BCUT2D eigenvalue weighted by atomic mass is 32.3. The van der Waals surface area contributed by atoms with Gasteiger partial charge in [0, 0.05) is 0 Å². The van der Waals surface area contributed by atoms with Crippen molar-refractivity contribution in [3.8, 4) is 0 Å². The number of hydrogen-bond donors (Lipinski definition) is 0. The van der Waals surface area contributed by atoms with Gasteiger partial charge in [-0.15, -0.1) is 0 Å². The number of unbranched alkanes of at least 4 members (excludes halogenated alkanes) is 16. The van der Waals surface area contributed by atoms with Crippen molar-refractivity contribution in [2.24, 2.45) is 11.8 Å². The molecular formula is C32H66O4S. The third-order valence-corrected chi connectivity index (χ3v) is 8.65. The zero-order valence-corrected chi connectivity index (χ0v) is 26.4. The molecule has 2 atom stereocenters. The van der Waals surface area contributed by atoms with Gasteiger partial charge in [-0.25, -0.2) is 8.37 Å². The van der Waals surface area contributed by atoms with E-state index in [9.17, 15) is 8.42 Å². The van der Waals surface area contributed by atoms with Crippen molar-refractivity contribution >= 4 is 10.4 Å². The summed E-state index contributed by atoms with van der Waals surface area (Å²) in [5.41, 5.74) is 0.